The Bertz CT molecular complexity index is 1300. The van der Waals surface area contributed by atoms with Gasteiger partial charge in [-0.25, -0.2) is 4.98 Å². The van der Waals surface area contributed by atoms with E-state index in [1.807, 2.05) is 34.9 Å². The number of benzene rings is 1. The number of fused-ring (bicyclic) bond motifs is 1. The maximum Gasteiger partial charge on any atom is 0.279 e. The van der Waals surface area contributed by atoms with Crippen LogP contribution in [-0.2, 0) is 10.0 Å². The van der Waals surface area contributed by atoms with Crippen molar-refractivity contribution in [3.8, 4) is 11.1 Å². The summed E-state index contributed by atoms with van der Waals surface area (Å²) in [5.41, 5.74) is 3.32. The second-order valence-electron chi connectivity index (χ2n) is 6.19. The van der Waals surface area contributed by atoms with E-state index in [1.165, 1.54) is 19.3 Å². The van der Waals surface area contributed by atoms with Crippen LogP contribution >= 0.6 is 15.9 Å². The Morgan fingerprint density at radius 3 is 2.66 bits per heavy atom. The number of hydrogen-bond acceptors (Lipinski definition) is 5. The first-order valence-corrected chi connectivity index (χ1v) is 10.8. The summed E-state index contributed by atoms with van der Waals surface area (Å²) in [6.45, 7) is 0. The van der Waals surface area contributed by atoms with Crippen molar-refractivity contribution in [1.29, 1.82) is 0 Å². The van der Waals surface area contributed by atoms with Crippen LogP contribution in [0, 0.1) is 0 Å². The lowest BCUT2D eigenvalue weighted by Crippen LogP contribution is -2.22. The number of rotatable bonds is 5. The smallest absolute Gasteiger partial charge is 0.279 e. The van der Waals surface area contributed by atoms with Crippen molar-refractivity contribution in [2.24, 2.45) is 5.10 Å². The zero-order valence-electron chi connectivity index (χ0n) is 15.3. The summed E-state index contributed by atoms with van der Waals surface area (Å²) in [6, 6.07) is 14.3. The molecule has 0 unspecified atom stereocenters. The van der Waals surface area contributed by atoms with Gasteiger partial charge in [-0.2, -0.15) is 17.9 Å². The van der Waals surface area contributed by atoms with Crippen LogP contribution in [0.5, 0.6) is 0 Å². The fourth-order valence-electron chi connectivity index (χ4n) is 2.80. The van der Waals surface area contributed by atoms with Gasteiger partial charge in [0.05, 0.1) is 18.1 Å². The van der Waals surface area contributed by atoms with Crippen LogP contribution in [-0.4, -0.2) is 40.5 Å². The maximum absolute atomic E-state index is 12.8. The van der Waals surface area contributed by atoms with E-state index in [-0.39, 0.29) is 4.90 Å². The van der Waals surface area contributed by atoms with Crippen molar-refractivity contribution in [3.05, 3.63) is 83.5 Å². The molecule has 0 spiro atoms. The van der Waals surface area contributed by atoms with Gasteiger partial charge >= 0.3 is 0 Å². The molecule has 0 aliphatic rings. The SMILES string of the molecule is CN(/N=C/c1cnc2ccc(-c3cccnc3)cn12)S(=O)(=O)c1ccccc1Br. The molecule has 0 radical (unpaired) electrons. The molecule has 0 amide bonds. The molecular weight excluding hydrogens is 454 g/mol. The average molecular weight is 470 g/mol. The molecule has 3 heterocycles. The van der Waals surface area contributed by atoms with E-state index in [0.29, 0.717) is 10.2 Å². The zero-order chi connectivity index (χ0) is 20.4. The van der Waals surface area contributed by atoms with Gasteiger partial charge in [-0.1, -0.05) is 18.2 Å². The molecule has 0 atom stereocenters. The Morgan fingerprint density at radius 1 is 1.07 bits per heavy atom. The Kier molecular flexibility index (Phi) is 5.16. The minimum absolute atomic E-state index is 0.150. The molecule has 146 valence electrons. The lowest BCUT2D eigenvalue weighted by molar-refractivity contribution is 0.490. The predicted octanol–water partition coefficient (Wildman–Crippen LogP) is 3.81. The molecule has 7 nitrogen and oxygen atoms in total. The Morgan fingerprint density at radius 2 is 1.90 bits per heavy atom. The first-order chi connectivity index (χ1) is 14.0. The molecule has 0 aliphatic carbocycles. The average Bonchev–Trinajstić information content (AvgIpc) is 3.15. The van der Waals surface area contributed by atoms with Crippen molar-refractivity contribution in [3.63, 3.8) is 0 Å². The standard InChI is InChI=1S/C20H16BrN5O2S/c1-25(29(27,28)19-7-3-2-6-18(19)21)24-13-17-12-23-20-9-8-16(14-26(17)20)15-5-4-10-22-11-15/h2-14H,1H3/b24-13+. The normalized spacial score (nSPS) is 11.9. The number of halogens is 1. The van der Waals surface area contributed by atoms with Crippen molar-refractivity contribution in [2.75, 3.05) is 7.05 Å². The molecule has 0 fully saturated rings. The molecule has 4 rings (SSSR count). The number of sulfonamides is 1. The highest BCUT2D eigenvalue weighted by atomic mass is 79.9. The Balaban J connectivity index is 1.67. The van der Waals surface area contributed by atoms with Crippen molar-refractivity contribution in [2.45, 2.75) is 4.90 Å². The molecule has 9 heteroatoms. The summed E-state index contributed by atoms with van der Waals surface area (Å²) in [6.07, 6.45) is 8.54. The summed E-state index contributed by atoms with van der Waals surface area (Å²) in [7, 11) is -2.38. The largest absolute Gasteiger partial charge is 0.298 e. The number of nitrogens with zero attached hydrogens (tertiary/aromatic N) is 5. The van der Waals surface area contributed by atoms with Gasteiger partial charge in [-0.3, -0.25) is 9.38 Å². The minimum atomic E-state index is -3.78. The fraction of sp³-hybridized carbons (Fsp3) is 0.0500. The number of imidazole rings is 1. The minimum Gasteiger partial charge on any atom is -0.298 e. The van der Waals surface area contributed by atoms with Gasteiger partial charge in [0, 0.05) is 41.2 Å². The van der Waals surface area contributed by atoms with Gasteiger partial charge in [0.2, 0.25) is 0 Å². The van der Waals surface area contributed by atoms with E-state index >= 15 is 0 Å². The number of hydrogen-bond donors (Lipinski definition) is 0. The van der Waals surface area contributed by atoms with Crippen LogP contribution in [0.15, 0.2) is 87.8 Å². The van der Waals surface area contributed by atoms with E-state index in [1.54, 1.807) is 36.8 Å². The van der Waals surface area contributed by atoms with Crippen LogP contribution in [0.1, 0.15) is 5.69 Å². The lowest BCUT2D eigenvalue weighted by Gasteiger charge is -2.14. The first kappa shape index (κ1) is 19.3. The van der Waals surface area contributed by atoms with Gasteiger partial charge in [0.25, 0.3) is 10.0 Å². The van der Waals surface area contributed by atoms with Crippen LogP contribution in [0.25, 0.3) is 16.8 Å². The summed E-state index contributed by atoms with van der Waals surface area (Å²) in [5.74, 6) is 0. The van der Waals surface area contributed by atoms with Crippen molar-refractivity contribution >= 4 is 37.8 Å². The quantitative estimate of drug-likeness (QED) is 0.328. The third-order valence-electron chi connectivity index (χ3n) is 4.34. The predicted molar refractivity (Wildman–Crippen MR) is 115 cm³/mol. The monoisotopic (exact) mass is 469 g/mol. The van der Waals surface area contributed by atoms with Gasteiger partial charge < -0.3 is 0 Å². The molecule has 4 aromatic rings. The van der Waals surface area contributed by atoms with E-state index in [4.69, 9.17) is 0 Å². The van der Waals surface area contributed by atoms with Crippen LogP contribution in [0.3, 0.4) is 0 Å². The number of aromatic nitrogens is 3. The van der Waals surface area contributed by atoms with E-state index in [9.17, 15) is 8.42 Å². The van der Waals surface area contributed by atoms with Crippen LogP contribution in [0.2, 0.25) is 0 Å². The molecular formula is C20H16BrN5O2S. The fourth-order valence-corrected chi connectivity index (χ4v) is 4.72. The van der Waals surface area contributed by atoms with Crippen LogP contribution in [0.4, 0.5) is 0 Å². The zero-order valence-corrected chi connectivity index (χ0v) is 17.7. The highest BCUT2D eigenvalue weighted by molar-refractivity contribution is 9.10. The number of pyridine rings is 2. The molecule has 1 aromatic carbocycles. The summed E-state index contributed by atoms with van der Waals surface area (Å²) in [5, 5.41) is 4.13. The molecule has 0 aliphatic heterocycles. The molecule has 0 saturated carbocycles. The summed E-state index contributed by atoms with van der Waals surface area (Å²) in [4.78, 5) is 8.64. The Labute approximate surface area is 176 Å². The van der Waals surface area contributed by atoms with Gasteiger partial charge in [0.1, 0.15) is 10.5 Å². The number of hydrazone groups is 1. The molecule has 0 saturated heterocycles. The lowest BCUT2D eigenvalue weighted by atomic mass is 10.1. The third-order valence-corrected chi connectivity index (χ3v) is 7.00. The first-order valence-electron chi connectivity index (χ1n) is 8.62. The van der Waals surface area contributed by atoms with Crippen LogP contribution < -0.4 is 0 Å². The van der Waals surface area contributed by atoms with E-state index in [2.05, 4.69) is 31.0 Å². The van der Waals surface area contributed by atoms with Gasteiger partial charge in [-0.15, -0.1) is 0 Å². The maximum atomic E-state index is 12.8. The topological polar surface area (TPSA) is 79.9 Å². The third kappa shape index (κ3) is 3.79. The van der Waals surface area contributed by atoms with Gasteiger partial charge in [-0.05, 0) is 46.3 Å². The second-order valence-corrected chi connectivity index (χ2v) is 8.96. The second kappa shape index (κ2) is 7.76. The molecule has 0 bridgehead atoms. The highest BCUT2D eigenvalue weighted by Crippen LogP contribution is 2.24. The van der Waals surface area contributed by atoms with E-state index < -0.39 is 10.0 Å². The highest BCUT2D eigenvalue weighted by Gasteiger charge is 2.21. The van der Waals surface area contributed by atoms with Crippen molar-refractivity contribution < 1.29 is 8.42 Å². The Hall–Kier alpha value is -3.04. The molecule has 3 aromatic heterocycles. The van der Waals surface area contributed by atoms with Gasteiger partial charge in [0.15, 0.2) is 0 Å². The molecule has 0 N–H and O–H groups in total. The van der Waals surface area contributed by atoms with E-state index in [0.717, 1.165) is 21.2 Å². The molecule has 29 heavy (non-hydrogen) atoms. The van der Waals surface area contributed by atoms with Crippen molar-refractivity contribution in [1.82, 2.24) is 18.8 Å². The summed E-state index contributed by atoms with van der Waals surface area (Å²) < 4.78 is 28.8. The summed E-state index contributed by atoms with van der Waals surface area (Å²) >= 11 is 3.28.